The monoisotopic (exact) mass is 270 g/mol. The van der Waals surface area contributed by atoms with Crippen molar-refractivity contribution in [3.8, 4) is 0 Å². The van der Waals surface area contributed by atoms with E-state index in [1.54, 1.807) is 0 Å². The highest BCUT2D eigenvalue weighted by Gasteiger charge is 2.31. The van der Waals surface area contributed by atoms with E-state index in [1.165, 1.54) is 32.4 Å². The molecule has 1 fully saturated rings. The zero-order valence-corrected chi connectivity index (χ0v) is 13.4. The van der Waals surface area contributed by atoms with Crippen LogP contribution in [0, 0.1) is 5.92 Å². The van der Waals surface area contributed by atoms with Crippen molar-refractivity contribution in [2.24, 2.45) is 5.92 Å². The van der Waals surface area contributed by atoms with Gasteiger partial charge in [0.1, 0.15) is 0 Å². The molecule has 1 saturated heterocycles. The van der Waals surface area contributed by atoms with Gasteiger partial charge in [0.15, 0.2) is 0 Å². The summed E-state index contributed by atoms with van der Waals surface area (Å²) in [5, 5.41) is 13.2. The lowest BCUT2D eigenvalue weighted by molar-refractivity contribution is 0.124. The van der Waals surface area contributed by atoms with E-state index in [9.17, 15) is 5.11 Å². The molecule has 3 heteroatoms. The Kier molecular flexibility index (Phi) is 7.33. The molecule has 2 N–H and O–H groups in total. The summed E-state index contributed by atoms with van der Waals surface area (Å²) in [6, 6.07) is 0.559. The molecule has 3 atom stereocenters. The van der Waals surface area contributed by atoms with Crippen LogP contribution in [0.5, 0.6) is 0 Å². The van der Waals surface area contributed by atoms with Crippen molar-refractivity contribution in [1.82, 2.24) is 10.2 Å². The number of likely N-dealkylation sites (tertiary alicyclic amines) is 1. The van der Waals surface area contributed by atoms with E-state index in [0.29, 0.717) is 6.04 Å². The number of nitrogens with zero attached hydrogens (tertiary/aromatic N) is 1. The molecule has 114 valence electrons. The Morgan fingerprint density at radius 2 is 2.11 bits per heavy atom. The van der Waals surface area contributed by atoms with E-state index in [0.717, 1.165) is 25.3 Å². The summed E-state index contributed by atoms with van der Waals surface area (Å²) in [7, 11) is 0. The van der Waals surface area contributed by atoms with Gasteiger partial charge in [0.25, 0.3) is 0 Å². The number of hydrogen-bond acceptors (Lipinski definition) is 3. The number of aliphatic hydroxyl groups is 1. The van der Waals surface area contributed by atoms with Gasteiger partial charge in [-0.25, -0.2) is 0 Å². The van der Waals surface area contributed by atoms with E-state index in [-0.39, 0.29) is 12.1 Å². The number of hydrogen-bond donors (Lipinski definition) is 2. The topological polar surface area (TPSA) is 35.5 Å². The van der Waals surface area contributed by atoms with Gasteiger partial charge in [-0.2, -0.15) is 0 Å². The Morgan fingerprint density at radius 1 is 1.37 bits per heavy atom. The van der Waals surface area contributed by atoms with Crippen LogP contribution < -0.4 is 5.32 Å². The first-order valence-electron chi connectivity index (χ1n) is 8.14. The second-order valence-electron chi connectivity index (χ2n) is 6.64. The van der Waals surface area contributed by atoms with Gasteiger partial charge in [-0.15, -0.1) is 0 Å². The molecule has 1 aliphatic rings. The average molecular weight is 270 g/mol. The molecule has 1 aliphatic heterocycles. The van der Waals surface area contributed by atoms with Gasteiger partial charge in [-0.3, -0.25) is 0 Å². The molecule has 1 heterocycles. The summed E-state index contributed by atoms with van der Waals surface area (Å²) >= 11 is 0. The van der Waals surface area contributed by atoms with Crippen LogP contribution in [-0.4, -0.2) is 47.8 Å². The van der Waals surface area contributed by atoms with E-state index < -0.39 is 0 Å². The molecule has 0 aromatic heterocycles. The largest absolute Gasteiger partial charge is 0.394 e. The van der Waals surface area contributed by atoms with Gasteiger partial charge in [-0.05, 0) is 58.5 Å². The zero-order valence-electron chi connectivity index (χ0n) is 13.4. The van der Waals surface area contributed by atoms with E-state index in [1.807, 2.05) is 0 Å². The van der Waals surface area contributed by atoms with Gasteiger partial charge >= 0.3 is 0 Å². The third-order valence-electron chi connectivity index (χ3n) is 4.53. The summed E-state index contributed by atoms with van der Waals surface area (Å²) in [4.78, 5) is 2.61. The average Bonchev–Trinajstić information content (AvgIpc) is 2.85. The summed E-state index contributed by atoms with van der Waals surface area (Å²) in [6.07, 6.45) is 6.18. The predicted molar refractivity (Wildman–Crippen MR) is 82.5 cm³/mol. The Hall–Kier alpha value is -0.120. The van der Waals surface area contributed by atoms with Crippen LogP contribution in [0.15, 0.2) is 0 Å². The van der Waals surface area contributed by atoms with Crippen molar-refractivity contribution < 1.29 is 5.11 Å². The molecule has 0 bridgehead atoms. The molecule has 0 spiro atoms. The summed E-state index contributed by atoms with van der Waals surface area (Å²) in [5.41, 5.74) is -0.127. The van der Waals surface area contributed by atoms with Crippen LogP contribution in [0.25, 0.3) is 0 Å². The second kappa shape index (κ2) is 8.23. The maximum atomic E-state index is 9.66. The van der Waals surface area contributed by atoms with Crippen LogP contribution in [-0.2, 0) is 0 Å². The smallest absolute Gasteiger partial charge is 0.0611 e. The first-order chi connectivity index (χ1) is 9.04. The minimum atomic E-state index is -0.127. The molecule has 1 rings (SSSR count). The van der Waals surface area contributed by atoms with Gasteiger partial charge < -0.3 is 15.3 Å². The van der Waals surface area contributed by atoms with Crippen molar-refractivity contribution >= 4 is 0 Å². The molecule has 3 unspecified atom stereocenters. The summed E-state index contributed by atoms with van der Waals surface area (Å²) < 4.78 is 0. The van der Waals surface area contributed by atoms with Gasteiger partial charge in [0.2, 0.25) is 0 Å². The highest BCUT2D eigenvalue weighted by atomic mass is 16.3. The molecular formula is C16H34N2O. The Labute approximate surface area is 119 Å². The first-order valence-corrected chi connectivity index (χ1v) is 8.14. The van der Waals surface area contributed by atoms with Crippen LogP contribution in [0.3, 0.4) is 0 Å². The van der Waals surface area contributed by atoms with Gasteiger partial charge in [0.05, 0.1) is 6.61 Å². The lowest BCUT2D eigenvalue weighted by atomic mass is 9.93. The molecule has 0 saturated carbocycles. The third kappa shape index (κ3) is 5.41. The molecule has 0 aliphatic carbocycles. The zero-order chi connectivity index (χ0) is 14.3. The highest BCUT2D eigenvalue weighted by Crippen LogP contribution is 2.25. The van der Waals surface area contributed by atoms with E-state index in [2.05, 4.69) is 37.9 Å². The van der Waals surface area contributed by atoms with E-state index >= 15 is 0 Å². The van der Waals surface area contributed by atoms with Crippen LogP contribution >= 0.6 is 0 Å². The van der Waals surface area contributed by atoms with Gasteiger partial charge in [0, 0.05) is 18.1 Å². The molecule has 3 nitrogen and oxygen atoms in total. The fourth-order valence-corrected chi connectivity index (χ4v) is 3.31. The summed E-state index contributed by atoms with van der Waals surface area (Å²) in [5.74, 6) is 0.899. The molecule has 0 amide bonds. The third-order valence-corrected chi connectivity index (χ3v) is 4.53. The van der Waals surface area contributed by atoms with Crippen molar-refractivity contribution in [2.45, 2.75) is 71.4 Å². The van der Waals surface area contributed by atoms with Gasteiger partial charge in [-0.1, -0.05) is 20.3 Å². The van der Waals surface area contributed by atoms with Crippen LogP contribution in [0.2, 0.25) is 0 Å². The Morgan fingerprint density at radius 3 is 2.68 bits per heavy atom. The van der Waals surface area contributed by atoms with Crippen LogP contribution in [0.4, 0.5) is 0 Å². The lowest BCUT2D eigenvalue weighted by Gasteiger charge is -2.35. The molecular weight excluding hydrogens is 236 g/mol. The fraction of sp³-hybridized carbons (Fsp3) is 1.00. The fourth-order valence-electron chi connectivity index (χ4n) is 3.31. The molecule has 19 heavy (non-hydrogen) atoms. The van der Waals surface area contributed by atoms with Crippen molar-refractivity contribution in [1.29, 1.82) is 0 Å². The van der Waals surface area contributed by atoms with Crippen molar-refractivity contribution in [3.63, 3.8) is 0 Å². The summed E-state index contributed by atoms with van der Waals surface area (Å²) in [6.45, 7) is 12.6. The number of aliphatic hydroxyl groups excluding tert-OH is 1. The lowest BCUT2D eigenvalue weighted by Crippen LogP contribution is -2.50. The number of nitrogens with one attached hydrogen (secondary N) is 1. The SMILES string of the molecule is CCCNC(C)(CO)CC(C)N1CCC(CCC)C1. The minimum absolute atomic E-state index is 0.127. The Balaban J connectivity index is 2.42. The predicted octanol–water partition coefficient (Wildman–Crippen LogP) is 2.64. The normalized spacial score (nSPS) is 25.4. The van der Waals surface area contributed by atoms with Crippen molar-refractivity contribution in [3.05, 3.63) is 0 Å². The number of rotatable bonds is 9. The molecule has 0 aromatic carbocycles. The van der Waals surface area contributed by atoms with Crippen molar-refractivity contribution in [2.75, 3.05) is 26.2 Å². The second-order valence-corrected chi connectivity index (χ2v) is 6.64. The maximum Gasteiger partial charge on any atom is 0.0611 e. The Bertz CT molecular complexity index is 247. The van der Waals surface area contributed by atoms with Crippen LogP contribution in [0.1, 0.15) is 59.8 Å². The minimum Gasteiger partial charge on any atom is -0.394 e. The first kappa shape index (κ1) is 16.9. The quantitative estimate of drug-likeness (QED) is 0.676. The standard InChI is InChI=1S/C16H34N2O/c1-5-7-15-8-10-18(12-15)14(3)11-16(4,13-19)17-9-6-2/h14-15,17,19H,5-13H2,1-4H3. The highest BCUT2D eigenvalue weighted by molar-refractivity contribution is 4.89. The van der Waals surface area contributed by atoms with E-state index in [4.69, 9.17) is 0 Å². The molecule has 0 aromatic rings. The molecule has 0 radical (unpaired) electrons. The maximum absolute atomic E-state index is 9.66.